The zero-order chi connectivity index (χ0) is 20.7. The number of piperidine rings is 1. The molecule has 0 aromatic carbocycles. The normalized spacial score (nSPS) is 19.8. The molecule has 2 aliphatic rings. The molecule has 0 amide bonds. The highest BCUT2D eigenvalue weighted by Crippen LogP contribution is 2.38. The Labute approximate surface area is 181 Å². The number of aromatic nitrogens is 4. The van der Waals surface area contributed by atoms with Crippen molar-refractivity contribution in [1.82, 2.24) is 24.8 Å². The van der Waals surface area contributed by atoms with Crippen LogP contribution in [0.4, 0.5) is 5.82 Å². The number of hydrogen-bond acceptors (Lipinski definition) is 7. The quantitative estimate of drug-likeness (QED) is 0.649. The minimum atomic E-state index is -0.525. The third-order valence-corrected chi connectivity index (χ3v) is 7.81. The summed E-state index contributed by atoms with van der Waals surface area (Å²) in [6, 6.07) is 0. The van der Waals surface area contributed by atoms with Gasteiger partial charge in [0, 0.05) is 30.4 Å². The molecule has 30 heavy (non-hydrogen) atoms. The van der Waals surface area contributed by atoms with E-state index in [1.54, 1.807) is 23.7 Å². The summed E-state index contributed by atoms with van der Waals surface area (Å²) in [5.74, 6) is 2.93. The summed E-state index contributed by atoms with van der Waals surface area (Å²) in [7, 11) is 0. The molecule has 5 heterocycles. The fourth-order valence-corrected chi connectivity index (χ4v) is 5.84. The number of rotatable bonds is 5. The predicted molar refractivity (Wildman–Crippen MR) is 120 cm³/mol. The average molecular weight is 427 g/mol. The monoisotopic (exact) mass is 426 g/mol. The van der Waals surface area contributed by atoms with E-state index >= 15 is 0 Å². The molecule has 2 N–H and O–H groups in total. The Morgan fingerprint density at radius 3 is 2.63 bits per heavy atom. The van der Waals surface area contributed by atoms with Gasteiger partial charge in [-0.05, 0) is 64.1 Å². The van der Waals surface area contributed by atoms with Gasteiger partial charge in [0.1, 0.15) is 28.4 Å². The number of aliphatic hydroxyl groups is 1. The molecular formula is C22H30N6OS. The topological polar surface area (TPSA) is 81.2 Å². The first kappa shape index (κ1) is 19.9. The molecule has 3 aromatic rings. The third-order valence-electron chi connectivity index (χ3n) is 6.70. The summed E-state index contributed by atoms with van der Waals surface area (Å²) < 4.78 is 0. The number of aryl methyl sites for hydroxylation is 2. The van der Waals surface area contributed by atoms with Gasteiger partial charge in [0.15, 0.2) is 0 Å². The molecule has 0 bridgehead atoms. The van der Waals surface area contributed by atoms with E-state index < -0.39 is 6.10 Å². The van der Waals surface area contributed by atoms with E-state index in [9.17, 15) is 5.11 Å². The fourth-order valence-electron chi connectivity index (χ4n) is 4.80. The lowest BCUT2D eigenvalue weighted by atomic mass is 9.90. The van der Waals surface area contributed by atoms with E-state index in [1.165, 1.54) is 28.7 Å². The van der Waals surface area contributed by atoms with Crippen molar-refractivity contribution in [2.75, 3.05) is 31.1 Å². The number of aromatic amines is 1. The lowest BCUT2D eigenvalue weighted by Gasteiger charge is -2.35. The van der Waals surface area contributed by atoms with Gasteiger partial charge in [-0.2, -0.15) is 0 Å². The van der Waals surface area contributed by atoms with Crippen LogP contribution >= 0.6 is 11.3 Å². The number of likely N-dealkylation sites (tertiary alicyclic amines) is 1. The van der Waals surface area contributed by atoms with Crippen molar-refractivity contribution >= 4 is 27.4 Å². The van der Waals surface area contributed by atoms with E-state index in [2.05, 4.69) is 33.6 Å². The number of imidazole rings is 1. The van der Waals surface area contributed by atoms with Crippen LogP contribution in [0.2, 0.25) is 0 Å². The number of nitrogens with one attached hydrogen (secondary N) is 1. The maximum Gasteiger partial charge on any atom is 0.146 e. The summed E-state index contributed by atoms with van der Waals surface area (Å²) in [5.41, 5.74) is 1.30. The van der Waals surface area contributed by atoms with Crippen LogP contribution in [-0.4, -0.2) is 56.1 Å². The molecule has 1 atom stereocenters. The lowest BCUT2D eigenvalue weighted by Crippen LogP contribution is -2.36. The molecule has 5 rings (SSSR count). The molecule has 8 heteroatoms. The Morgan fingerprint density at radius 2 is 1.93 bits per heavy atom. The molecule has 0 saturated carbocycles. The van der Waals surface area contributed by atoms with Gasteiger partial charge in [-0.15, -0.1) is 11.3 Å². The van der Waals surface area contributed by atoms with E-state index in [-0.39, 0.29) is 5.92 Å². The Kier molecular flexibility index (Phi) is 5.47. The first-order chi connectivity index (χ1) is 14.6. The van der Waals surface area contributed by atoms with E-state index in [1.807, 2.05) is 0 Å². The number of anilines is 1. The zero-order valence-corrected chi connectivity index (χ0v) is 18.6. The number of fused-ring (bicyclic) bond motifs is 1. The predicted octanol–water partition coefficient (Wildman–Crippen LogP) is 3.58. The van der Waals surface area contributed by atoms with Crippen LogP contribution in [0.15, 0.2) is 12.4 Å². The first-order valence-corrected chi connectivity index (χ1v) is 11.8. The van der Waals surface area contributed by atoms with Crippen molar-refractivity contribution in [2.45, 2.75) is 52.2 Å². The van der Waals surface area contributed by atoms with Gasteiger partial charge < -0.3 is 15.0 Å². The summed E-state index contributed by atoms with van der Waals surface area (Å²) in [6.07, 6.45) is 7.36. The van der Waals surface area contributed by atoms with Crippen molar-refractivity contribution in [3.05, 3.63) is 34.5 Å². The van der Waals surface area contributed by atoms with Crippen LogP contribution in [0.3, 0.4) is 0 Å². The Morgan fingerprint density at radius 1 is 1.17 bits per heavy atom. The van der Waals surface area contributed by atoms with Crippen molar-refractivity contribution in [3.8, 4) is 0 Å². The summed E-state index contributed by atoms with van der Waals surface area (Å²) >= 11 is 1.78. The number of nitrogens with zero attached hydrogens (tertiary/aromatic N) is 5. The summed E-state index contributed by atoms with van der Waals surface area (Å²) in [5, 5.41) is 11.9. The summed E-state index contributed by atoms with van der Waals surface area (Å²) in [4.78, 5) is 24.6. The molecule has 7 nitrogen and oxygen atoms in total. The van der Waals surface area contributed by atoms with Crippen LogP contribution in [0.5, 0.6) is 0 Å². The van der Waals surface area contributed by atoms with Gasteiger partial charge in [0.2, 0.25) is 0 Å². The zero-order valence-electron chi connectivity index (χ0n) is 17.8. The Bertz CT molecular complexity index is 1000. The van der Waals surface area contributed by atoms with Crippen molar-refractivity contribution < 1.29 is 5.11 Å². The van der Waals surface area contributed by atoms with Crippen molar-refractivity contribution in [2.24, 2.45) is 5.92 Å². The van der Waals surface area contributed by atoms with Crippen LogP contribution in [-0.2, 0) is 6.54 Å². The van der Waals surface area contributed by atoms with Gasteiger partial charge in [0.05, 0.1) is 11.9 Å². The Balaban J connectivity index is 1.40. The molecular weight excluding hydrogens is 396 g/mol. The molecule has 2 fully saturated rings. The van der Waals surface area contributed by atoms with Gasteiger partial charge >= 0.3 is 0 Å². The SMILES string of the molecule is Cc1sc2nc(CN3CCCC3)nc(N3CCC(C(O)c4ncc[nH]4)CC3)c2c1C. The molecule has 2 saturated heterocycles. The number of hydrogen-bond donors (Lipinski definition) is 2. The van der Waals surface area contributed by atoms with Crippen LogP contribution in [0.1, 0.15) is 53.9 Å². The number of thiophene rings is 1. The Hall–Kier alpha value is -2.03. The second-order valence-corrected chi connectivity index (χ2v) is 9.86. The molecule has 160 valence electrons. The van der Waals surface area contributed by atoms with Crippen molar-refractivity contribution in [1.29, 1.82) is 0 Å². The average Bonchev–Trinajstić information content (AvgIpc) is 3.51. The van der Waals surface area contributed by atoms with E-state index in [0.29, 0.717) is 5.82 Å². The van der Waals surface area contributed by atoms with Gasteiger partial charge in [0.25, 0.3) is 0 Å². The second-order valence-electron chi connectivity index (χ2n) is 8.65. The fraction of sp³-hybridized carbons (Fsp3) is 0.591. The summed E-state index contributed by atoms with van der Waals surface area (Å²) in [6.45, 7) is 9.29. The van der Waals surface area contributed by atoms with Crippen molar-refractivity contribution in [3.63, 3.8) is 0 Å². The van der Waals surface area contributed by atoms with Gasteiger partial charge in [-0.1, -0.05) is 0 Å². The molecule has 2 aliphatic heterocycles. The van der Waals surface area contributed by atoms with Gasteiger partial charge in [-0.25, -0.2) is 15.0 Å². The van der Waals surface area contributed by atoms with Gasteiger partial charge in [-0.3, -0.25) is 4.90 Å². The molecule has 0 radical (unpaired) electrons. The molecule has 1 unspecified atom stereocenters. The number of aliphatic hydroxyl groups excluding tert-OH is 1. The largest absolute Gasteiger partial charge is 0.385 e. The minimum absolute atomic E-state index is 0.221. The maximum atomic E-state index is 10.7. The lowest BCUT2D eigenvalue weighted by molar-refractivity contribution is 0.0856. The highest BCUT2D eigenvalue weighted by molar-refractivity contribution is 7.18. The second kappa shape index (κ2) is 8.24. The maximum absolute atomic E-state index is 10.7. The molecule has 0 spiro atoms. The third kappa shape index (κ3) is 3.72. The van der Waals surface area contributed by atoms with Crippen LogP contribution in [0, 0.1) is 19.8 Å². The first-order valence-electron chi connectivity index (χ1n) is 11.0. The number of H-pyrrole nitrogens is 1. The minimum Gasteiger partial charge on any atom is -0.385 e. The van der Waals surface area contributed by atoms with E-state index in [4.69, 9.17) is 9.97 Å². The van der Waals surface area contributed by atoms with Crippen LogP contribution < -0.4 is 4.90 Å². The highest BCUT2D eigenvalue weighted by atomic mass is 32.1. The smallest absolute Gasteiger partial charge is 0.146 e. The standard InChI is InChI=1S/C22H30N6OS/c1-14-15(2)30-22-18(14)21(25-17(26-22)13-27-9-3-4-10-27)28-11-5-16(6-12-28)19(29)20-23-7-8-24-20/h7-8,16,19,29H,3-6,9-13H2,1-2H3,(H,23,24). The molecule has 0 aliphatic carbocycles. The highest BCUT2D eigenvalue weighted by Gasteiger charge is 2.30. The van der Waals surface area contributed by atoms with E-state index in [0.717, 1.165) is 62.0 Å². The molecule has 3 aromatic heterocycles. The van der Waals surface area contributed by atoms with Crippen LogP contribution in [0.25, 0.3) is 10.2 Å².